The molecule has 2 heterocycles. The van der Waals surface area contributed by atoms with E-state index in [1.165, 1.54) is 11.3 Å². The van der Waals surface area contributed by atoms with E-state index in [1.807, 2.05) is 29.6 Å². The van der Waals surface area contributed by atoms with Crippen LogP contribution in [0.25, 0.3) is 0 Å². The molecule has 1 aliphatic heterocycles. The predicted molar refractivity (Wildman–Crippen MR) is 74.6 cm³/mol. The number of rotatable bonds is 3. The molecular weight excluding hydrogens is 260 g/mol. The molecule has 0 radical (unpaired) electrons. The maximum Gasteiger partial charge on any atom is 0.210 e. The molecule has 1 aromatic carbocycles. The zero-order chi connectivity index (χ0) is 13.2. The highest BCUT2D eigenvalue weighted by Crippen LogP contribution is 2.34. The van der Waals surface area contributed by atoms with Crippen LogP contribution in [0.2, 0.25) is 0 Å². The Morgan fingerprint density at radius 3 is 3.11 bits per heavy atom. The van der Waals surface area contributed by atoms with Gasteiger partial charge in [-0.3, -0.25) is 4.79 Å². The van der Waals surface area contributed by atoms with Gasteiger partial charge >= 0.3 is 0 Å². The van der Waals surface area contributed by atoms with E-state index in [9.17, 15) is 4.79 Å². The Hall–Kier alpha value is -1.81. The van der Waals surface area contributed by atoms with Crippen LogP contribution in [0, 0.1) is 0 Å². The van der Waals surface area contributed by atoms with Gasteiger partial charge in [-0.25, -0.2) is 0 Å². The zero-order valence-electron chi connectivity index (χ0n) is 10.6. The molecule has 0 aliphatic carbocycles. The summed E-state index contributed by atoms with van der Waals surface area (Å²) in [6.07, 6.45) is 1.98. The number of ether oxygens (including phenoxy) is 2. The number of thiophene rings is 1. The summed E-state index contributed by atoms with van der Waals surface area (Å²) in [6.45, 7) is 0.679. The topological polar surface area (TPSA) is 35.5 Å². The van der Waals surface area contributed by atoms with Crippen molar-refractivity contribution in [3.05, 3.63) is 45.6 Å². The fourth-order valence-electron chi connectivity index (χ4n) is 2.31. The Kier molecular flexibility index (Phi) is 3.25. The van der Waals surface area contributed by atoms with Crippen LogP contribution >= 0.6 is 11.3 Å². The number of carbonyl (C=O) groups excluding carboxylic acids is 1. The number of ketones is 1. The van der Waals surface area contributed by atoms with E-state index in [1.54, 1.807) is 7.11 Å². The fraction of sp³-hybridized carbons (Fsp3) is 0.267. The van der Waals surface area contributed by atoms with Gasteiger partial charge in [-0.1, -0.05) is 12.1 Å². The van der Waals surface area contributed by atoms with Gasteiger partial charge in [0.25, 0.3) is 0 Å². The standard InChI is InChI=1S/C15H14O3S/c1-17-12-7-9-19-15(12)13(16)11-6-2-4-10-5-3-8-18-14(10)11/h2,4,6-7,9H,3,5,8H2,1H3. The molecule has 0 N–H and O–H groups in total. The van der Waals surface area contributed by atoms with Gasteiger partial charge in [0.05, 0.1) is 19.3 Å². The van der Waals surface area contributed by atoms with Crippen LogP contribution in [0.4, 0.5) is 0 Å². The van der Waals surface area contributed by atoms with Crippen molar-refractivity contribution >= 4 is 17.1 Å². The second-order valence-corrected chi connectivity index (χ2v) is 5.31. The van der Waals surface area contributed by atoms with Crippen molar-refractivity contribution in [1.82, 2.24) is 0 Å². The van der Waals surface area contributed by atoms with Gasteiger partial charge in [0.15, 0.2) is 0 Å². The Balaban J connectivity index is 2.05. The third kappa shape index (κ3) is 2.12. The lowest BCUT2D eigenvalue weighted by atomic mass is 9.99. The summed E-state index contributed by atoms with van der Waals surface area (Å²) >= 11 is 1.40. The number of hydrogen-bond acceptors (Lipinski definition) is 4. The van der Waals surface area contributed by atoms with Crippen LogP contribution < -0.4 is 9.47 Å². The molecule has 0 fully saturated rings. The number of hydrogen-bond donors (Lipinski definition) is 0. The van der Waals surface area contributed by atoms with Gasteiger partial charge < -0.3 is 9.47 Å². The molecule has 0 amide bonds. The molecule has 3 nitrogen and oxygen atoms in total. The van der Waals surface area contributed by atoms with E-state index in [4.69, 9.17) is 9.47 Å². The van der Waals surface area contributed by atoms with Crippen LogP contribution in [0.5, 0.6) is 11.5 Å². The molecule has 0 saturated heterocycles. The van der Waals surface area contributed by atoms with Crippen LogP contribution in [0.15, 0.2) is 29.6 Å². The molecule has 1 aliphatic rings. The minimum Gasteiger partial charge on any atom is -0.495 e. The van der Waals surface area contributed by atoms with E-state index in [2.05, 4.69) is 0 Å². The molecule has 0 unspecified atom stereocenters. The van der Waals surface area contributed by atoms with Crippen molar-refractivity contribution < 1.29 is 14.3 Å². The first kappa shape index (κ1) is 12.2. The van der Waals surface area contributed by atoms with Gasteiger partial charge in [0.1, 0.15) is 16.4 Å². The monoisotopic (exact) mass is 274 g/mol. The first-order valence-corrected chi connectivity index (χ1v) is 7.10. The van der Waals surface area contributed by atoms with E-state index in [-0.39, 0.29) is 5.78 Å². The van der Waals surface area contributed by atoms with Crippen molar-refractivity contribution in [2.45, 2.75) is 12.8 Å². The first-order valence-electron chi connectivity index (χ1n) is 6.22. The largest absolute Gasteiger partial charge is 0.495 e. The average Bonchev–Trinajstić information content (AvgIpc) is 2.94. The second-order valence-electron chi connectivity index (χ2n) is 4.39. The van der Waals surface area contributed by atoms with E-state index >= 15 is 0 Å². The molecule has 0 spiro atoms. The molecule has 0 atom stereocenters. The Labute approximate surface area is 115 Å². The van der Waals surface area contributed by atoms with Crippen molar-refractivity contribution in [1.29, 1.82) is 0 Å². The molecule has 3 rings (SSSR count). The number of fused-ring (bicyclic) bond motifs is 1. The Morgan fingerprint density at radius 1 is 1.37 bits per heavy atom. The summed E-state index contributed by atoms with van der Waals surface area (Å²) in [5.74, 6) is 1.35. The lowest BCUT2D eigenvalue weighted by Gasteiger charge is -2.19. The Morgan fingerprint density at radius 2 is 2.26 bits per heavy atom. The number of benzene rings is 1. The van der Waals surface area contributed by atoms with E-state index in [0.717, 1.165) is 24.2 Å². The van der Waals surface area contributed by atoms with Gasteiger partial charge in [-0.05, 0) is 35.9 Å². The summed E-state index contributed by atoms with van der Waals surface area (Å²) in [5.41, 5.74) is 1.76. The third-order valence-electron chi connectivity index (χ3n) is 3.23. The van der Waals surface area contributed by atoms with Crippen LogP contribution in [-0.2, 0) is 6.42 Å². The number of para-hydroxylation sites is 1. The van der Waals surface area contributed by atoms with E-state index < -0.39 is 0 Å². The van der Waals surface area contributed by atoms with Gasteiger partial charge in [0.2, 0.25) is 5.78 Å². The highest BCUT2D eigenvalue weighted by atomic mass is 32.1. The van der Waals surface area contributed by atoms with Crippen LogP contribution in [0.1, 0.15) is 27.2 Å². The number of aryl methyl sites for hydroxylation is 1. The molecule has 4 heteroatoms. The molecule has 0 bridgehead atoms. The van der Waals surface area contributed by atoms with Crippen molar-refractivity contribution in [3.8, 4) is 11.5 Å². The fourth-order valence-corrected chi connectivity index (χ4v) is 3.13. The van der Waals surface area contributed by atoms with Crippen LogP contribution in [0.3, 0.4) is 0 Å². The summed E-state index contributed by atoms with van der Waals surface area (Å²) in [5, 5.41) is 1.86. The van der Waals surface area contributed by atoms with Gasteiger partial charge in [0, 0.05) is 0 Å². The van der Waals surface area contributed by atoms with Crippen molar-refractivity contribution in [2.24, 2.45) is 0 Å². The zero-order valence-corrected chi connectivity index (χ0v) is 11.5. The molecule has 2 aromatic rings. The summed E-state index contributed by atoms with van der Waals surface area (Å²) < 4.78 is 10.9. The predicted octanol–water partition coefficient (Wildman–Crippen LogP) is 3.31. The lowest BCUT2D eigenvalue weighted by Crippen LogP contribution is -2.13. The van der Waals surface area contributed by atoms with E-state index in [0.29, 0.717) is 22.8 Å². The molecule has 1 aromatic heterocycles. The van der Waals surface area contributed by atoms with Crippen molar-refractivity contribution in [2.75, 3.05) is 13.7 Å². The normalized spacial score (nSPS) is 13.5. The average molecular weight is 274 g/mol. The number of methoxy groups -OCH3 is 1. The first-order chi connectivity index (χ1) is 9.31. The lowest BCUT2D eigenvalue weighted by molar-refractivity contribution is 0.103. The summed E-state index contributed by atoms with van der Waals surface area (Å²) in [6, 6.07) is 7.58. The maximum atomic E-state index is 12.6. The Bertz CT molecular complexity index is 616. The quantitative estimate of drug-likeness (QED) is 0.805. The molecule has 0 saturated carbocycles. The molecule has 19 heavy (non-hydrogen) atoms. The SMILES string of the molecule is COc1ccsc1C(=O)c1cccc2c1OCCC2. The minimum absolute atomic E-state index is 0.0226. The molecule has 98 valence electrons. The highest BCUT2D eigenvalue weighted by molar-refractivity contribution is 7.12. The summed E-state index contributed by atoms with van der Waals surface area (Å²) in [4.78, 5) is 13.2. The smallest absolute Gasteiger partial charge is 0.210 e. The summed E-state index contributed by atoms with van der Waals surface area (Å²) in [7, 11) is 1.58. The highest BCUT2D eigenvalue weighted by Gasteiger charge is 2.23. The maximum absolute atomic E-state index is 12.6. The van der Waals surface area contributed by atoms with Crippen molar-refractivity contribution in [3.63, 3.8) is 0 Å². The minimum atomic E-state index is -0.0226. The van der Waals surface area contributed by atoms with Crippen LogP contribution in [-0.4, -0.2) is 19.5 Å². The van der Waals surface area contributed by atoms with Gasteiger partial charge in [-0.15, -0.1) is 11.3 Å². The third-order valence-corrected chi connectivity index (χ3v) is 4.13. The number of carbonyl (C=O) groups is 1. The van der Waals surface area contributed by atoms with Gasteiger partial charge in [-0.2, -0.15) is 0 Å². The second kappa shape index (κ2) is 5.05. The molecular formula is C15H14O3S.